The lowest BCUT2D eigenvalue weighted by Gasteiger charge is -2.49. The molecular formula is C60H48N2. The van der Waals surface area contributed by atoms with Crippen LogP contribution in [0.4, 0.5) is 34.1 Å². The number of anilines is 6. The van der Waals surface area contributed by atoms with E-state index >= 15 is 0 Å². The molecule has 0 atom stereocenters. The van der Waals surface area contributed by atoms with E-state index in [0.717, 1.165) is 17.1 Å². The summed E-state index contributed by atoms with van der Waals surface area (Å²) in [7, 11) is 0. The standard InChI is InChI=1S/C60H48N2/c1-59(2)52-19-11-13-21-56(52)62-57-22-14-12-20-53(57)60(3,4)55-40-48(39-54(59)58(55)62)47-25-23-43(24-26-47)46-31-37-51(38-32-46)61(49-33-27-44(28-34-49)41-15-7-5-8-16-41)50-35-29-45(30-36-50)42-17-9-6-10-18-42/h5-40H,1-4H3. The monoisotopic (exact) mass is 796 g/mol. The first-order valence-electron chi connectivity index (χ1n) is 21.8. The quantitative estimate of drug-likeness (QED) is 0.158. The van der Waals surface area contributed by atoms with Crippen LogP contribution >= 0.6 is 0 Å². The van der Waals surface area contributed by atoms with Crippen LogP contribution in [0.5, 0.6) is 0 Å². The predicted molar refractivity (Wildman–Crippen MR) is 262 cm³/mol. The lowest BCUT2D eigenvalue weighted by molar-refractivity contribution is 0.598. The highest BCUT2D eigenvalue weighted by molar-refractivity contribution is 5.94. The molecule has 0 saturated heterocycles. The molecular weight excluding hydrogens is 749 g/mol. The van der Waals surface area contributed by atoms with E-state index in [9.17, 15) is 0 Å². The van der Waals surface area contributed by atoms with E-state index in [-0.39, 0.29) is 10.8 Å². The minimum absolute atomic E-state index is 0.168. The second-order valence-corrected chi connectivity index (χ2v) is 17.8. The number of fused-ring (bicyclic) bond motifs is 4. The van der Waals surface area contributed by atoms with Crippen LogP contribution in [0.2, 0.25) is 0 Å². The van der Waals surface area contributed by atoms with Crippen LogP contribution in [0.1, 0.15) is 49.9 Å². The van der Waals surface area contributed by atoms with Gasteiger partial charge in [0.25, 0.3) is 0 Å². The van der Waals surface area contributed by atoms with Crippen LogP contribution in [-0.2, 0) is 10.8 Å². The highest BCUT2D eigenvalue weighted by atomic mass is 15.2. The maximum atomic E-state index is 2.53. The molecule has 0 spiro atoms. The Labute approximate surface area is 366 Å². The molecule has 0 saturated carbocycles. The second-order valence-electron chi connectivity index (χ2n) is 17.8. The van der Waals surface area contributed by atoms with Gasteiger partial charge in [-0.3, -0.25) is 0 Å². The number of hydrogen-bond acceptors (Lipinski definition) is 2. The second kappa shape index (κ2) is 14.6. The number of nitrogens with zero attached hydrogens (tertiary/aromatic N) is 2. The average molecular weight is 797 g/mol. The molecule has 9 aromatic rings. The van der Waals surface area contributed by atoms with Gasteiger partial charge in [-0.05, 0) is 127 Å². The Hall–Kier alpha value is -7.42. The summed E-state index contributed by atoms with van der Waals surface area (Å²) in [5, 5.41) is 0. The molecule has 298 valence electrons. The van der Waals surface area contributed by atoms with E-state index in [1.165, 1.54) is 83.8 Å². The van der Waals surface area contributed by atoms with Crippen LogP contribution in [0.15, 0.2) is 218 Å². The van der Waals surface area contributed by atoms with Crippen LogP contribution < -0.4 is 9.80 Å². The minimum Gasteiger partial charge on any atom is -0.311 e. The molecule has 62 heavy (non-hydrogen) atoms. The van der Waals surface area contributed by atoms with Crippen LogP contribution in [-0.4, -0.2) is 0 Å². The van der Waals surface area contributed by atoms with Crippen molar-refractivity contribution in [3.05, 3.63) is 241 Å². The summed E-state index contributed by atoms with van der Waals surface area (Å²) in [5.41, 5.74) is 22.1. The first kappa shape index (κ1) is 37.6. The third-order valence-corrected chi connectivity index (χ3v) is 13.5. The Morgan fingerprint density at radius 2 is 0.581 bits per heavy atom. The van der Waals surface area contributed by atoms with Gasteiger partial charge < -0.3 is 9.80 Å². The molecule has 0 aromatic heterocycles. The Morgan fingerprint density at radius 1 is 0.290 bits per heavy atom. The molecule has 2 aliphatic heterocycles. The normalized spacial score (nSPS) is 14.0. The summed E-state index contributed by atoms with van der Waals surface area (Å²) in [6, 6.07) is 80.0. The molecule has 0 unspecified atom stereocenters. The van der Waals surface area contributed by atoms with Crippen LogP contribution in [0.25, 0.3) is 44.5 Å². The largest absolute Gasteiger partial charge is 0.311 e. The Balaban J connectivity index is 0.938. The van der Waals surface area contributed by atoms with Gasteiger partial charge in [0.1, 0.15) is 0 Å². The fraction of sp³-hybridized carbons (Fsp3) is 0.100. The van der Waals surface area contributed by atoms with Crippen molar-refractivity contribution >= 4 is 34.1 Å². The lowest BCUT2D eigenvalue weighted by atomic mass is 9.65. The van der Waals surface area contributed by atoms with Gasteiger partial charge in [0.2, 0.25) is 0 Å². The molecule has 0 aliphatic carbocycles. The summed E-state index contributed by atoms with van der Waals surface area (Å²) in [4.78, 5) is 4.88. The van der Waals surface area contributed by atoms with E-state index in [4.69, 9.17) is 0 Å². The molecule has 9 aromatic carbocycles. The topological polar surface area (TPSA) is 6.48 Å². The van der Waals surface area contributed by atoms with Crippen molar-refractivity contribution in [3.63, 3.8) is 0 Å². The van der Waals surface area contributed by atoms with Gasteiger partial charge in [0, 0.05) is 27.9 Å². The molecule has 2 heteroatoms. The number of rotatable bonds is 7. The van der Waals surface area contributed by atoms with Crippen molar-refractivity contribution in [2.45, 2.75) is 38.5 Å². The van der Waals surface area contributed by atoms with Gasteiger partial charge in [-0.1, -0.05) is 185 Å². The Kier molecular flexibility index (Phi) is 8.87. The van der Waals surface area contributed by atoms with E-state index in [1.54, 1.807) is 0 Å². The van der Waals surface area contributed by atoms with Gasteiger partial charge in [-0.25, -0.2) is 0 Å². The smallest absolute Gasteiger partial charge is 0.0544 e. The average Bonchev–Trinajstić information content (AvgIpc) is 3.33. The van der Waals surface area contributed by atoms with E-state index in [2.05, 4.69) is 256 Å². The maximum absolute atomic E-state index is 2.53. The van der Waals surface area contributed by atoms with Crippen molar-refractivity contribution in [2.75, 3.05) is 9.80 Å². The van der Waals surface area contributed by atoms with Gasteiger partial charge in [0.05, 0.1) is 17.1 Å². The van der Waals surface area contributed by atoms with Crippen LogP contribution in [0, 0.1) is 0 Å². The summed E-state index contributed by atoms with van der Waals surface area (Å²) >= 11 is 0. The number of hydrogen-bond donors (Lipinski definition) is 0. The van der Waals surface area contributed by atoms with Crippen molar-refractivity contribution < 1.29 is 0 Å². The number of para-hydroxylation sites is 2. The Bertz CT molecular complexity index is 2910. The van der Waals surface area contributed by atoms with E-state index < -0.39 is 0 Å². The van der Waals surface area contributed by atoms with Gasteiger partial charge in [-0.15, -0.1) is 0 Å². The van der Waals surface area contributed by atoms with Gasteiger partial charge >= 0.3 is 0 Å². The minimum atomic E-state index is -0.168. The first-order valence-corrected chi connectivity index (χ1v) is 21.8. The zero-order valence-corrected chi connectivity index (χ0v) is 35.7. The van der Waals surface area contributed by atoms with E-state index in [1.807, 2.05) is 0 Å². The van der Waals surface area contributed by atoms with E-state index in [0.29, 0.717) is 0 Å². The molecule has 0 fully saturated rings. The Morgan fingerprint density at radius 3 is 0.952 bits per heavy atom. The lowest BCUT2D eigenvalue weighted by Crippen LogP contribution is -2.38. The van der Waals surface area contributed by atoms with Gasteiger partial charge in [0.15, 0.2) is 0 Å². The fourth-order valence-electron chi connectivity index (χ4n) is 10.0. The molecule has 0 N–H and O–H groups in total. The highest BCUT2D eigenvalue weighted by Crippen LogP contribution is 2.60. The molecule has 2 aliphatic rings. The molecule has 2 nitrogen and oxygen atoms in total. The third kappa shape index (κ3) is 6.17. The molecule has 0 amide bonds. The van der Waals surface area contributed by atoms with Gasteiger partial charge in [-0.2, -0.15) is 0 Å². The predicted octanol–water partition coefficient (Wildman–Crippen LogP) is 16.6. The third-order valence-electron chi connectivity index (χ3n) is 13.5. The maximum Gasteiger partial charge on any atom is 0.0544 e. The first-order chi connectivity index (χ1) is 30.3. The van der Waals surface area contributed by atoms with Crippen molar-refractivity contribution in [3.8, 4) is 44.5 Å². The van der Waals surface area contributed by atoms with Crippen molar-refractivity contribution in [1.29, 1.82) is 0 Å². The zero-order chi connectivity index (χ0) is 42.0. The fourth-order valence-corrected chi connectivity index (χ4v) is 10.0. The summed E-state index contributed by atoms with van der Waals surface area (Å²) < 4.78 is 0. The number of benzene rings is 9. The molecule has 0 bridgehead atoms. The summed E-state index contributed by atoms with van der Waals surface area (Å²) in [6.45, 7) is 9.57. The summed E-state index contributed by atoms with van der Waals surface area (Å²) in [6.07, 6.45) is 0. The van der Waals surface area contributed by atoms with Crippen LogP contribution in [0.3, 0.4) is 0 Å². The molecule has 0 radical (unpaired) electrons. The molecule has 11 rings (SSSR count). The molecule has 2 heterocycles. The SMILES string of the molecule is CC1(C)c2ccccc2N2c3ccccc3C(C)(C)c3cc(-c4ccc(-c5ccc(N(c6ccc(-c7ccccc7)cc6)c6ccc(-c7ccccc7)cc6)cc5)cc4)cc1c32. The zero-order valence-electron chi connectivity index (χ0n) is 35.7. The van der Waals surface area contributed by atoms with Crippen molar-refractivity contribution in [1.82, 2.24) is 0 Å². The highest BCUT2D eigenvalue weighted by Gasteiger charge is 2.45. The summed E-state index contributed by atoms with van der Waals surface area (Å²) in [5.74, 6) is 0. The van der Waals surface area contributed by atoms with Crippen molar-refractivity contribution in [2.24, 2.45) is 0 Å².